The zero-order valence-electron chi connectivity index (χ0n) is 12.0. The topological polar surface area (TPSA) is 45.4 Å². The van der Waals surface area contributed by atoms with E-state index in [2.05, 4.69) is 47.2 Å². The predicted molar refractivity (Wildman–Crippen MR) is 75.9 cm³/mol. The zero-order chi connectivity index (χ0) is 13.7. The Balaban J connectivity index is 1.82. The Labute approximate surface area is 114 Å². The van der Waals surface area contributed by atoms with Crippen LogP contribution in [0.2, 0.25) is 0 Å². The van der Waals surface area contributed by atoms with Crippen molar-refractivity contribution in [3.05, 3.63) is 23.8 Å². The van der Waals surface area contributed by atoms with Crippen LogP contribution in [0.1, 0.15) is 18.9 Å². The molecule has 1 heterocycles. The van der Waals surface area contributed by atoms with Gasteiger partial charge in [0.1, 0.15) is 11.0 Å². The summed E-state index contributed by atoms with van der Waals surface area (Å²) in [5.41, 5.74) is 2.89. The van der Waals surface area contributed by atoms with Crippen LogP contribution in [0, 0.1) is 0 Å². The largest absolute Gasteiger partial charge is 0.307 e. The van der Waals surface area contributed by atoms with Crippen molar-refractivity contribution in [2.24, 2.45) is 0 Å². The minimum absolute atomic E-state index is 0.816. The Morgan fingerprint density at radius 3 is 2.58 bits per heavy atom. The summed E-state index contributed by atoms with van der Waals surface area (Å²) in [5.74, 6) is 0. The normalized spacial score (nSPS) is 11.8. The summed E-state index contributed by atoms with van der Waals surface area (Å²) in [6, 6.07) is 6.08. The molecule has 0 fully saturated rings. The first kappa shape index (κ1) is 14.0. The molecule has 19 heavy (non-hydrogen) atoms. The lowest BCUT2D eigenvalue weighted by molar-refractivity contribution is 0.280. The third-order valence-corrected chi connectivity index (χ3v) is 3.39. The lowest BCUT2D eigenvalue weighted by atomic mass is 10.2. The van der Waals surface area contributed by atoms with Gasteiger partial charge >= 0.3 is 0 Å². The molecule has 0 N–H and O–H groups in total. The number of aromatic nitrogens is 2. The monoisotopic (exact) mass is 262 g/mol. The second kappa shape index (κ2) is 6.63. The fraction of sp³-hybridized carbons (Fsp3) is 0.571. The van der Waals surface area contributed by atoms with Crippen molar-refractivity contribution in [2.45, 2.75) is 19.9 Å². The second-order valence-electron chi connectivity index (χ2n) is 5.07. The minimum atomic E-state index is 0.816. The van der Waals surface area contributed by atoms with Crippen LogP contribution in [0.25, 0.3) is 11.0 Å². The van der Waals surface area contributed by atoms with Gasteiger partial charge in [-0.3, -0.25) is 0 Å². The quantitative estimate of drug-likeness (QED) is 0.763. The van der Waals surface area contributed by atoms with Crippen LogP contribution in [0.3, 0.4) is 0 Å². The van der Waals surface area contributed by atoms with Gasteiger partial charge in [-0.1, -0.05) is 13.0 Å². The maximum atomic E-state index is 4.71. The van der Waals surface area contributed by atoms with Crippen LogP contribution < -0.4 is 0 Å². The van der Waals surface area contributed by atoms with Gasteiger partial charge in [-0.25, -0.2) is 4.63 Å². The van der Waals surface area contributed by atoms with Crippen molar-refractivity contribution in [2.75, 3.05) is 33.7 Å². The molecule has 0 amide bonds. The summed E-state index contributed by atoms with van der Waals surface area (Å²) < 4.78 is 4.71. The zero-order valence-corrected chi connectivity index (χ0v) is 12.0. The van der Waals surface area contributed by atoms with E-state index in [-0.39, 0.29) is 0 Å². The van der Waals surface area contributed by atoms with Crippen LogP contribution in [0.4, 0.5) is 0 Å². The highest BCUT2D eigenvalue weighted by atomic mass is 16.6. The van der Waals surface area contributed by atoms with Gasteiger partial charge in [0.05, 0.1) is 0 Å². The highest BCUT2D eigenvalue weighted by molar-refractivity contribution is 5.73. The van der Waals surface area contributed by atoms with Gasteiger partial charge in [-0.2, -0.15) is 0 Å². The molecule has 1 aromatic carbocycles. The smallest absolute Gasteiger partial charge is 0.135 e. The Hall–Kier alpha value is -1.46. The summed E-state index contributed by atoms with van der Waals surface area (Å²) in [6.07, 6.45) is 1.19. The molecule has 0 bridgehead atoms. The number of fused-ring (bicyclic) bond motifs is 1. The van der Waals surface area contributed by atoms with Gasteiger partial charge in [0.15, 0.2) is 0 Å². The molecule has 1 aromatic heterocycles. The lowest BCUT2D eigenvalue weighted by Crippen LogP contribution is -2.25. The number of benzene rings is 1. The molecule has 2 aromatic rings. The molecule has 5 heteroatoms. The van der Waals surface area contributed by atoms with Crippen molar-refractivity contribution >= 4 is 11.0 Å². The number of rotatable bonds is 7. The highest BCUT2D eigenvalue weighted by Gasteiger charge is 2.05. The van der Waals surface area contributed by atoms with Crippen LogP contribution in [-0.2, 0) is 6.54 Å². The number of nitrogens with zero attached hydrogens (tertiary/aromatic N) is 4. The van der Waals surface area contributed by atoms with Crippen LogP contribution >= 0.6 is 0 Å². The molecule has 0 aliphatic carbocycles. The molecule has 0 aliphatic heterocycles. The SMILES string of the molecule is CCN(C)CCCN(C)Cc1ccc2nonc2c1. The standard InChI is InChI=1S/C14H22N4O/c1-4-17(2)8-5-9-18(3)11-12-6-7-13-14(10-12)16-19-15-13/h6-7,10H,4-5,8-9,11H2,1-3H3. The molecule has 0 saturated heterocycles. The first-order valence-corrected chi connectivity index (χ1v) is 6.77. The minimum Gasteiger partial charge on any atom is -0.307 e. The summed E-state index contributed by atoms with van der Waals surface area (Å²) in [4.78, 5) is 4.67. The third kappa shape index (κ3) is 4.01. The number of hydrogen-bond acceptors (Lipinski definition) is 5. The van der Waals surface area contributed by atoms with Crippen molar-refractivity contribution in [3.8, 4) is 0 Å². The third-order valence-electron chi connectivity index (χ3n) is 3.39. The van der Waals surface area contributed by atoms with Crippen LogP contribution in [0.5, 0.6) is 0 Å². The van der Waals surface area contributed by atoms with Gasteiger partial charge in [-0.05, 0) is 68.2 Å². The molecule has 104 valence electrons. The summed E-state index contributed by atoms with van der Waals surface area (Å²) in [6.45, 7) is 6.47. The van der Waals surface area contributed by atoms with E-state index in [1.54, 1.807) is 0 Å². The molecule has 0 spiro atoms. The van der Waals surface area contributed by atoms with Crippen LogP contribution in [0.15, 0.2) is 22.8 Å². The predicted octanol–water partition coefficient (Wildman–Crippen LogP) is 2.00. The van der Waals surface area contributed by atoms with Crippen LogP contribution in [-0.4, -0.2) is 53.8 Å². The fourth-order valence-electron chi connectivity index (χ4n) is 2.09. The van der Waals surface area contributed by atoms with E-state index < -0.39 is 0 Å². The van der Waals surface area contributed by atoms with Gasteiger partial charge in [0.2, 0.25) is 0 Å². The Morgan fingerprint density at radius 1 is 1.05 bits per heavy atom. The van der Waals surface area contributed by atoms with E-state index in [0.29, 0.717) is 0 Å². The van der Waals surface area contributed by atoms with Crippen molar-refractivity contribution in [3.63, 3.8) is 0 Å². The molecular weight excluding hydrogens is 240 g/mol. The summed E-state index contributed by atoms with van der Waals surface area (Å²) in [5, 5.41) is 7.68. The number of hydrogen-bond donors (Lipinski definition) is 0. The van der Waals surface area contributed by atoms with Gasteiger partial charge in [0.25, 0.3) is 0 Å². The molecule has 0 atom stereocenters. The molecule has 5 nitrogen and oxygen atoms in total. The summed E-state index contributed by atoms with van der Waals surface area (Å²) in [7, 11) is 4.31. The van der Waals surface area contributed by atoms with Crippen molar-refractivity contribution in [1.82, 2.24) is 20.1 Å². The van der Waals surface area contributed by atoms with E-state index >= 15 is 0 Å². The van der Waals surface area contributed by atoms with Gasteiger partial charge in [0, 0.05) is 6.54 Å². The molecule has 0 unspecified atom stereocenters. The van der Waals surface area contributed by atoms with E-state index in [1.807, 2.05) is 12.1 Å². The fourth-order valence-corrected chi connectivity index (χ4v) is 2.09. The van der Waals surface area contributed by atoms with E-state index in [0.717, 1.165) is 37.2 Å². The average Bonchev–Trinajstić information content (AvgIpc) is 2.85. The molecular formula is C14H22N4O. The van der Waals surface area contributed by atoms with Gasteiger partial charge in [-0.15, -0.1) is 0 Å². The Kier molecular flexibility index (Phi) is 4.87. The van der Waals surface area contributed by atoms with E-state index in [4.69, 9.17) is 4.63 Å². The first-order chi connectivity index (χ1) is 9.19. The Morgan fingerprint density at radius 2 is 1.79 bits per heavy atom. The summed E-state index contributed by atoms with van der Waals surface area (Å²) >= 11 is 0. The molecule has 0 radical (unpaired) electrons. The van der Waals surface area contributed by atoms with E-state index in [1.165, 1.54) is 12.0 Å². The lowest BCUT2D eigenvalue weighted by Gasteiger charge is -2.19. The van der Waals surface area contributed by atoms with Crippen molar-refractivity contribution in [1.29, 1.82) is 0 Å². The van der Waals surface area contributed by atoms with E-state index in [9.17, 15) is 0 Å². The average molecular weight is 262 g/mol. The molecule has 2 rings (SSSR count). The van der Waals surface area contributed by atoms with Crippen molar-refractivity contribution < 1.29 is 4.63 Å². The molecule has 0 aliphatic rings. The van der Waals surface area contributed by atoms with Gasteiger partial charge < -0.3 is 9.80 Å². The highest BCUT2D eigenvalue weighted by Crippen LogP contribution is 2.13. The first-order valence-electron chi connectivity index (χ1n) is 6.77. The second-order valence-corrected chi connectivity index (χ2v) is 5.07. The Bertz CT molecular complexity index is 511. The molecule has 0 saturated carbocycles. The maximum Gasteiger partial charge on any atom is 0.135 e. The maximum absolute atomic E-state index is 4.71.